The summed E-state index contributed by atoms with van der Waals surface area (Å²) in [7, 11) is 0. The zero-order chi connectivity index (χ0) is 84.0. The molecule has 4 aliphatic rings. The first-order chi connectivity index (χ1) is 54.8. The van der Waals surface area contributed by atoms with Gasteiger partial charge in [0.15, 0.2) is 18.2 Å². The first-order valence-electron chi connectivity index (χ1n) is 40.8. The van der Waals surface area contributed by atoms with Crippen LogP contribution >= 0.6 is 12.4 Å². The quantitative estimate of drug-likeness (QED) is 0.0316. The maximum Gasteiger partial charge on any atom is 0.333 e. The molecule has 116 heavy (non-hydrogen) atoms. The third-order valence-electron chi connectivity index (χ3n) is 19.9. The van der Waals surface area contributed by atoms with E-state index >= 15 is 0 Å². The Labute approximate surface area is 687 Å². The summed E-state index contributed by atoms with van der Waals surface area (Å²) >= 11 is 0. The normalized spacial score (nSPS) is 19.9. The summed E-state index contributed by atoms with van der Waals surface area (Å²) in [4.78, 5) is 155. The van der Waals surface area contributed by atoms with Crippen molar-refractivity contribution in [3.63, 3.8) is 0 Å². The fourth-order valence-corrected chi connectivity index (χ4v) is 14.0. The number of aliphatic hydroxyl groups is 2. The zero-order valence-electron chi connectivity index (χ0n) is 68.5. The maximum absolute atomic E-state index is 14.1. The van der Waals surface area contributed by atoms with Crippen LogP contribution in [0.4, 0.5) is 0 Å². The van der Waals surface area contributed by atoms with Crippen LogP contribution in [0.25, 0.3) is 0 Å². The molecule has 2 saturated carbocycles. The van der Waals surface area contributed by atoms with Crippen LogP contribution in [-0.2, 0) is 79.8 Å². The van der Waals surface area contributed by atoms with Crippen LogP contribution in [0.5, 0.6) is 11.5 Å². The number of carbonyl (C=O) groups excluding carboxylic acids is 11. The number of amides is 9. The molecule has 9 amide bonds. The largest absolute Gasteiger partial charge is 0.494 e. The second-order valence-corrected chi connectivity index (χ2v) is 31.9. The summed E-state index contributed by atoms with van der Waals surface area (Å²) < 4.78 is 22.6. The number of hydrogen-bond acceptors (Lipinski definition) is 19. The molecular formula is C86H125ClN10O19. The lowest BCUT2D eigenvalue weighted by atomic mass is 9.83. The van der Waals surface area contributed by atoms with Gasteiger partial charge in [0.25, 0.3) is 11.8 Å². The molecular weight excluding hydrogens is 1510 g/mol. The van der Waals surface area contributed by atoms with Crippen LogP contribution in [0.3, 0.4) is 0 Å². The van der Waals surface area contributed by atoms with E-state index in [0.717, 1.165) is 114 Å². The summed E-state index contributed by atoms with van der Waals surface area (Å²) in [6.07, 6.45) is 13.7. The molecule has 14 N–H and O–H groups in total. The smallest absolute Gasteiger partial charge is 0.333 e. The molecule has 4 unspecified atom stereocenters. The van der Waals surface area contributed by atoms with Crippen LogP contribution in [0.2, 0.25) is 0 Å². The van der Waals surface area contributed by atoms with Crippen LogP contribution in [0, 0.1) is 11.8 Å². The SMILES string of the molecule is CCCC(N)C(O)C(=O)NCC(=O)N[C@H](C(=O)OC(C)(C)C)c1ccccc1.CCCC(NC(=O)[C@@H]1Cc2cccc(c2)OCCCCCC(=O)N[C@@H](C2CCCCC2)C(=O)N1)C(O)C(=O)NCC(=O)N[C@H](C(=O)OC(C)(C)C)c1ccccc1.Cl.O=C1CCCCCOc2cccc(c2)C[C@@H](C(=O)O)NC(=O)[C@H](C2CCCCC2)N1. The first kappa shape index (κ1) is 96.9. The fourth-order valence-electron chi connectivity index (χ4n) is 14.0. The summed E-state index contributed by atoms with van der Waals surface area (Å²) in [6, 6.07) is 24.2. The second-order valence-electron chi connectivity index (χ2n) is 31.9. The van der Waals surface area contributed by atoms with Gasteiger partial charge in [0, 0.05) is 31.7 Å². The van der Waals surface area contributed by atoms with E-state index in [1.807, 2.05) is 62.4 Å². The van der Waals surface area contributed by atoms with Crippen LogP contribution in [0.15, 0.2) is 109 Å². The van der Waals surface area contributed by atoms with Crippen LogP contribution in [-0.4, -0.2) is 172 Å². The zero-order valence-corrected chi connectivity index (χ0v) is 69.3. The molecule has 0 spiro atoms. The highest BCUT2D eigenvalue weighted by Gasteiger charge is 2.38. The lowest BCUT2D eigenvalue weighted by Crippen LogP contribution is -2.59. The predicted octanol–water partition coefficient (Wildman–Crippen LogP) is 7.72. The number of esters is 2. The maximum atomic E-state index is 14.1. The molecule has 30 heteroatoms. The molecule has 10 atom stereocenters. The number of ether oxygens (including phenoxy) is 4. The van der Waals surface area contributed by atoms with E-state index in [-0.39, 0.29) is 61.7 Å². The minimum atomic E-state index is -1.76. The second kappa shape index (κ2) is 50.0. The van der Waals surface area contributed by atoms with Gasteiger partial charge in [-0.05, 0) is 177 Å². The topological polar surface area (TPSA) is 437 Å². The molecule has 0 aromatic heterocycles. The van der Waals surface area contributed by atoms with Crippen LogP contribution in [0.1, 0.15) is 231 Å². The average molecular weight is 1640 g/mol. The van der Waals surface area contributed by atoms with E-state index in [0.29, 0.717) is 61.5 Å². The molecule has 29 nitrogen and oxygen atoms in total. The molecule has 8 rings (SSSR count). The van der Waals surface area contributed by atoms with Gasteiger partial charge < -0.3 is 87.9 Å². The van der Waals surface area contributed by atoms with Gasteiger partial charge in [-0.15, -0.1) is 12.4 Å². The van der Waals surface area contributed by atoms with E-state index in [4.69, 9.17) is 24.7 Å². The molecule has 2 heterocycles. The number of carbonyl (C=O) groups is 12. The third-order valence-corrected chi connectivity index (χ3v) is 19.9. The van der Waals surface area contributed by atoms with Crippen molar-refractivity contribution >= 4 is 83.5 Å². The highest BCUT2D eigenvalue weighted by molar-refractivity contribution is 5.95. The monoisotopic (exact) mass is 1640 g/mol. The summed E-state index contributed by atoms with van der Waals surface area (Å²) in [5.74, 6) is -5.91. The van der Waals surface area contributed by atoms with Crippen molar-refractivity contribution < 1.29 is 91.8 Å². The van der Waals surface area contributed by atoms with E-state index in [2.05, 4.69) is 47.9 Å². The van der Waals surface area contributed by atoms with Gasteiger partial charge in [0.2, 0.25) is 41.4 Å². The summed E-state index contributed by atoms with van der Waals surface area (Å²) in [6.45, 7) is 14.1. The van der Waals surface area contributed by atoms with E-state index < -0.39 is 144 Å². The highest BCUT2D eigenvalue weighted by atomic mass is 35.5. The molecule has 2 aliphatic heterocycles. The Hall–Kier alpha value is -9.71. The van der Waals surface area contributed by atoms with Crippen molar-refractivity contribution in [2.24, 2.45) is 17.6 Å². The number of benzene rings is 4. The molecule has 4 aromatic rings. The third kappa shape index (κ3) is 35.0. The van der Waals surface area contributed by atoms with Crippen LogP contribution < -0.4 is 63.1 Å². The first-order valence-corrected chi connectivity index (χ1v) is 40.8. The van der Waals surface area contributed by atoms with Gasteiger partial charge >= 0.3 is 17.9 Å². The van der Waals surface area contributed by atoms with Crippen molar-refractivity contribution in [1.82, 2.24) is 47.9 Å². The number of hydrogen-bond donors (Lipinski definition) is 13. The standard InChI is InChI=1S/C43H61N5O9.C23H32N2O5.C20H31N3O5.ClH/c1-5-16-32(38(51)41(54)44-27-35(50)48-37(30-20-11-7-12-21-30)42(55)57-43(2,3)4)45-39(52)33-26-28-17-15-22-31(25-28)56-24-14-8-13-23-34(49)47-36(40(53)46-33)29-18-9-6-10-19-29;26-20-12-5-2-6-13-30-18-11-7-8-16(14-18)15-19(23(28)29)24-22(27)21(25-20)17-9-3-1-4-10-17;1-5-9-14(21)17(25)18(26)22-12-15(24)23-16(13-10-7-6-8-11-13)19(27)28-20(2,3)4;/h7,11-12,15,17,20-22,25,29,32-33,36-38,51H,5-6,8-10,13-14,16,18-19,23-24,26-27H2,1-4H3,(H,44,54)(H,45,52)(H,46,53)(H,47,49)(H,48,50);7-8,11,14,17,19,21H,1-6,9-10,12-13,15H2,(H,24,27)(H,25,26)(H,28,29);6-8,10-11,14,16-17,25H,5,9,12,21H2,1-4H3,(H,22,26)(H,23,24);1H/t32?,33-,36-,37-,38?;19-,21-;14?,16-,17?;/m000./s1. The number of carboxylic acids is 1. The minimum absolute atomic E-state index is 0. The molecule has 4 aromatic carbocycles. The Morgan fingerprint density at radius 3 is 1.30 bits per heavy atom. The number of carboxylic acid groups (broad SMARTS) is 1. The van der Waals surface area contributed by atoms with Crippen molar-refractivity contribution in [1.29, 1.82) is 0 Å². The lowest BCUT2D eigenvalue weighted by Gasteiger charge is -2.32. The van der Waals surface area contributed by atoms with Gasteiger partial charge in [0.1, 0.15) is 53.0 Å². The Morgan fingerprint density at radius 1 is 0.500 bits per heavy atom. The van der Waals surface area contributed by atoms with Gasteiger partial charge in [-0.1, -0.05) is 150 Å². The van der Waals surface area contributed by atoms with E-state index in [1.165, 1.54) is 0 Å². The number of halogens is 1. The number of fused-ring (bicyclic) bond motifs is 4. The van der Waals surface area contributed by atoms with E-state index in [9.17, 15) is 72.9 Å². The number of aliphatic carboxylic acids is 1. The molecule has 4 bridgehead atoms. The number of nitrogens with two attached hydrogens (primary N) is 1. The van der Waals surface area contributed by atoms with Gasteiger partial charge in [-0.3, -0.25) is 43.2 Å². The summed E-state index contributed by atoms with van der Waals surface area (Å²) in [5.41, 5.74) is 6.73. The van der Waals surface area contributed by atoms with Gasteiger partial charge in [-0.25, -0.2) is 14.4 Å². The Morgan fingerprint density at radius 2 is 0.897 bits per heavy atom. The van der Waals surface area contributed by atoms with Crippen molar-refractivity contribution in [2.75, 3.05) is 26.3 Å². The Balaban J connectivity index is 0.000000341. The van der Waals surface area contributed by atoms with Crippen molar-refractivity contribution in [2.45, 2.75) is 281 Å². The number of aliphatic hydroxyl groups excluding tert-OH is 2. The molecule has 2 aliphatic carbocycles. The predicted molar refractivity (Wildman–Crippen MR) is 438 cm³/mol. The summed E-state index contributed by atoms with van der Waals surface area (Å²) in [5, 5.41) is 54.9. The van der Waals surface area contributed by atoms with Gasteiger partial charge in [0.05, 0.1) is 32.3 Å². The molecule has 2 fully saturated rings. The fraction of sp³-hybridized carbons (Fsp3) is 0.581. The number of nitrogens with one attached hydrogen (secondary N) is 9. The van der Waals surface area contributed by atoms with Crippen molar-refractivity contribution in [3.05, 3.63) is 131 Å². The Bertz CT molecular complexity index is 3790. The molecule has 640 valence electrons. The lowest BCUT2D eigenvalue weighted by molar-refractivity contribution is -0.159. The number of rotatable bonds is 23. The van der Waals surface area contributed by atoms with Gasteiger partial charge in [-0.2, -0.15) is 0 Å². The average Bonchev–Trinajstić information content (AvgIpc) is 0.839. The van der Waals surface area contributed by atoms with E-state index in [1.54, 1.807) is 102 Å². The van der Waals surface area contributed by atoms with Crippen molar-refractivity contribution in [3.8, 4) is 11.5 Å². The highest BCUT2D eigenvalue weighted by Crippen LogP contribution is 2.30. The minimum Gasteiger partial charge on any atom is -0.494 e. The molecule has 0 radical (unpaired) electrons. The Kier molecular flexibility index (Phi) is 41.8. The molecule has 0 saturated heterocycles.